The summed E-state index contributed by atoms with van der Waals surface area (Å²) in [6.45, 7) is 1.18. The highest BCUT2D eigenvalue weighted by molar-refractivity contribution is 5.09. The third kappa shape index (κ3) is 2.27. The fourth-order valence-corrected chi connectivity index (χ4v) is 1.86. The highest BCUT2D eigenvalue weighted by Crippen LogP contribution is 2.13. The molecule has 4 heteroatoms. The largest absolute Gasteiger partial charge is 0.391 e. The maximum atomic E-state index is 11.7. The van der Waals surface area contributed by atoms with E-state index in [0.29, 0.717) is 12.1 Å². The summed E-state index contributed by atoms with van der Waals surface area (Å²) in [6.07, 6.45) is 3.97. The number of aliphatic hydroxyl groups excluding tert-OH is 1. The zero-order valence-electron chi connectivity index (χ0n) is 8.56. The minimum Gasteiger partial charge on any atom is -0.391 e. The van der Waals surface area contributed by atoms with E-state index in [0.717, 1.165) is 19.4 Å². The van der Waals surface area contributed by atoms with Gasteiger partial charge < -0.3 is 14.4 Å². The molecule has 0 aromatic carbocycles. The maximum absolute atomic E-state index is 11.7. The standard InChI is InChI=1S/C11H15NO3/c13-8-9-3-1-5-12(11(9)14)7-10-4-2-6-15-10/h1,3,5,10,13H,2,4,6-8H2. The van der Waals surface area contributed by atoms with E-state index in [1.165, 1.54) is 0 Å². The van der Waals surface area contributed by atoms with Crippen LogP contribution in [0.15, 0.2) is 23.1 Å². The molecular weight excluding hydrogens is 194 g/mol. The Morgan fingerprint density at radius 2 is 2.47 bits per heavy atom. The molecule has 0 amide bonds. The number of aliphatic hydroxyl groups is 1. The number of aromatic nitrogens is 1. The first-order chi connectivity index (χ1) is 7.31. The van der Waals surface area contributed by atoms with Crippen LogP contribution in [-0.2, 0) is 17.9 Å². The smallest absolute Gasteiger partial charge is 0.256 e. The van der Waals surface area contributed by atoms with E-state index in [1.54, 1.807) is 22.9 Å². The topological polar surface area (TPSA) is 51.5 Å². The first kappa shape index (κ1) is 10.4. The number of ether oxygens (including phenoxy) is 1. The van der Waals surface area contributed by atoms with Crippen molar-refractivity contribution < 1.29 is 9.84 Å². The second kappa shape index (κ2) is 4.59. The monoisotopic (exact) mass is 209 g/mol. The lowest BCUT2D eigenvalue weighted by molar-refractivity contribution is 0.0959. The summed E-state index contributed by atoms with van der Waals surface area (Å²) in [5.74, 6) is 0. The second-order valence-corrected chi connectivity index (χ2v) is 3.78. The van der Waals surface area contributed by atoms with Crippen LogP contribution in [0, 0.1) is 0 Å². The molecule has 0 aliphatic carbocycles. The Morgan fingerprint density at radius 1 is 1.60 bits per heavy atom. The number of hydrogen-bond donors (Lipinski definition) is 1. The Bertz CT molecular complexity index is 380. The normalized spacial score (nSPS) is 20.7. The Morgan fingerprint density at radius 3 is 3.13 bits per heavy atom. The lowest BCUT2D eigenvalue weighted by Gasteiger charge is -2.12. The van der Waals surface area contributed by atoms with E-state index in [-0.39, 0.29) is 18.3 Å². The lowest BCUT2D eigenvalue weighted by atomic mass is 10.2. The highest BCUT2D eigenvalue weighted by Gasteiger charge is 2.16. The summed E-state index contributed by atoms with van der Waals surface area (Å²) < 4.78 is 7.08. The van der Waals surface area contributed by atoms with Gasteiger partial charge in [0.05, 0.1) is 19.3 Å². The molecule has 1 aromatic heterocycles. The molecule has 2 rings (SSSR count). The van der Waals surface area contributed by atoms with Gasteiger partial charge in [-0.15, -0.1) is 0 Å². The van der Waals surface area contributed by atoms with Crippen LogP contribution in [-0.4, -0.2) is 22.4 Å². The molecule has 0 bridgehead atoms. The zero-order valence-corrected chi connectivity index (χ0v) is 8.56. The third-order valence-corrected chi connectivity index (χ3v) is 2.69. The SMILES string of the molecule is O=c1c(CO)cccn1CC1CCCO1. The average Bonchev–Trinajstić information content (AvgIpc) is 2.74. The molecule has 1 unspecified atom stereocenters. The van der Waals surface area contributed by atoms with E-state index >= 15 is 0 Å². The summed E-state index contributed by atoms with van der Waals surface area (Å²) in [5.41, 5.74) is 0.325. The minimum absolute atomic E-state index is 0.115. The Labute approximate surface area is 88.1 Å². The lowest BCUT2D eigenvalue weighted by Crippen LogP contribution is -2.28. The molecule has 82 valence electrons. The van der Waals surface area contributed by atoms with Crippen molar-refractivity contribution in [2.45, 2.75) is 32.1 Å². The van der Waals surface area contributed by atoms with Crippen LogP contribution in [0.25, 0.3) is 0 Å². The van der Waals surface area contributed by atoms with Crippen LogP contribution in [0.3, 0.4) is 0 Å². The van der Waals surface area contributed by atoms with Crippen LogP contribution in [0.5, 0.6) is 0 Å². The van der Waals surface area contributed by atoms with Gasteiger partial charge in [0.15, 0.2) is 0 Å². The van der Waals surface area contributed by atoms with Gasteiger partial charge in [-0.3, -0.25) is 4.79 Å². The Balaban J connectivity index is 2.17. The molecule has 0 spiro atoms. The molecule has 1 aliphatic heterocycles. The summed E-state index contributed by atoms with van der Waals surface area (Å²) in [5, 5.41) is 8.96. The number of pyridine rings is 1. The van der Waals surface area contributed by atoms with Gasteiger partial charge in [0.1, 0.15) is 0 Å². The first-order valence-electron chi connectivity index (χ1n) is 5.22. The van der Waals surface area contributed by atoms with E-state index in [9.17, 15) is 4.79 Å². The van der Waals surface area contributed by atoms with Crippen molar-refractivity contribution in [2.24, 2.45) is 0 Å². The maximum Gasteiger partial charge on any atom is 0.256 e. The molecule has 1 atom stereocenters. The molecule has 4 nitrogen and oxygen atoms in total. The predicted octanol–water partition coefficient (Wildman–Crippen LogP) is 0.520. The average molecular weight is 209 g/mol. The molecule has 1 aromatic rings. The van der Waals surface area contributed by atoms with Crippen molar-refractivity contribution in [1.82, 2.24) is 4.57 Å². The Hall–Kier alpha value is -1.13. The second-order valence-electron chi connectivity index (χ2n) is 3.78. The van der Waals surface area contributed by atoms with E-state index in [1.807, 2.05) is 0 Å². The van der Waals surface area contributed by atoms with Crippen molar-refractivity contribution in [1.29, 1.82) is 0 Å². The van der Waals surface area contributed by atoms with Crippen molar-refractivity contribution in [3.05, 3.63) is 34.2 Å². The van der Waals surface area contributed by atoms with Crippen LogP contribution < -0.4 is 5.56 Å². The van der Waals surface area contributed by atoms with Crippen LogP contribution in [0.2, 0.25) is 0 Å². The van der Waals surface area contributed by atoms with Gasteiger partial charge in [0.25, 0.3) is 5.56 Å². The number of hydrogen-bond acceptors (Lipinski definition) is 3. The van der Waals surface area contributed by atoms with E-state index in [2.05, 4.69) is 0 Å². The fourth-order valence-electron chi connectivity index (χ4n) is 1.86. The van der Waals surface area contributed by atoms with Crippen molar-refractivity contribution in [2.75, 3.05) is 6.61 Å². The van der Waals surface area contributed by atoms with Crippen molar-refractivity contribution >= 4 is 0 Å². The zero-order chi connectivity index (χ0) is 10.7. The van der Waals surface area contributed by atoms with Gasteiger partial charge in [-0.1, -0.05) is 0 Å². The van der Waals surface area contributed by atoms with Crippen LogP contribution >= 0.6 is 0 Å². The van der Waals surface area contributed by atoms with Gasteiger partial charge >= 0.3 is 0 Å². The van der Waals surface area contributed by atoms with Crippen molar-refractivity contribution in [3.63, 3.8) is 0 Å². The Kier molecular flexibility index (Phi) is 3.18. The fraction of sp³-hybridized carbons (Fsp3) is 0.545. The third-order valence-electron chi connectivity index (χ3n) is 2.69. The summed E-state index contributed by atoms with van der Waals surface area (Å²) >= 11 is 0. The van der Waals surface area contributed by atoms with Gasteiger partial charge in [0, 0.05) is 18.4 Å². The van der Waals surface area contributed by atoms with Crippen molar-refractivity contribution in [3.8, 4) is 0 Å². The van der Waals surface area contributed by atoms with Gasteiger partial charge in [0.2, 0.25) is 0 Å². The van der Waals surface area contributed by atoms with Crippen LogP contribution in [0.1, 0.15) is 18.4 Å². The van der Waals surface area contributed by atoms with Crippen LogP contribution in [0.4, 0.5) is 0 Å². The molecule has 1 saturated heterocycles. The summed E-state index contributed by atoms with van der Waals surface area (Å²) in [7, 11) is 0. The molecule has 1 aliphatic rings. The molecular formula is C11H15NO3. The van der Waals surface area contributed by atoms with E-state index in [4.69, 9.17) is 9.84 Å². The molecule has 0 saturated carbocycles. The molecule has 15 heavy (non-hydrogen) atoms. The quantitative estimate of drug-likeness (QED) is 0.789. The van der Waals surface area contributed by atoms with E-state index < -0.39 is 0 Å². The highest BCUT2D eigenvalue weighted by atomic mass is 16.5. The number of rotatable bonds is 3. The molecule has 2 heterocycles. The molecule has 1 N–H and O–H groups in total. The van der Waals surface area contributed by atoms with Gasteiger partial charge in [-0.05, 0) is 25.0 Å². The van der Waals surface area contributed by atoms with Gasteiger partial charge in [-0.2, -0.15) is 0 Å². The minimum atomic E-state index is -0.203. The number of nitrogens with zero attached hydrogens (tertiary/aromatic N) is 1. The first-order valence-corrected chi connectivity index (χ1v) is 5.22. The predicted molar refractivity (Wildman–Crippen MR) is 55.6 cm³/mol. The molecule has 1 fully saturated rings. The summed E-state index contributed by atoms with van der Waals surface area (Å²) in [4.78, 5) is 11.7. The summed E-state index contributed by atoms with van der Waals surface area (Å²) in [6, 6.07) is 3.43. The molecule has 0 radical (unpaired) electrons. The van der Waals surface area contributed by atoms with Gasteiger partial charge in [-0.25, -0.2) is 0 Å².